The quantitative estimate of drug-likeness (QED) is 0.810. The summed E-state index contributed by atoms with van der Waals surface area (Å²) in [6, 6.07) is 7.19. The van der Waals surface area contributed by atoms with Crippen molar-refractivity contribution in [1.29, 1.82) is 5.26 Å². The minimum absolute atomic E-state index is 0.244. The number of fused-ring (bicyclic) bond motifs is 1. The molecule has 0 saturated heterocycles. The van der Waals surface area contributed by atoms with Crippen LogP contribution in [0.2, 0.25) is 0 Å². The van der Waals surface area contributed by atoms with Crippen molar-refractivity contribution in [3.05, 3.63) is 40.3 Å². The summed E-state index contributed by atoms with van der Waals surface area (Å²) in [5.74, 6) is 0.117. The van der Waals surface area contributed by atoms with Gasteiger partial charge in [-0.3, -0.25) is 9.78 Å². The molecule has 1 atom stereocenters. The predicted octanol–water partition coefficient (Wildman–Crippen LogP) is 2.40. The number of hydrogen-bond donors (Lipinski definition) is 0. The Morgan fingerprint density at radius 2 is 2.15 bits per heavy atom. The van der Waals surface area contributed by atoms with Gasteiger partial charge in [-0.1, -0.05) is 6.07 Å². The smallest absolute Gasteiger partial charge is 0.195 e. The summed E-state index contributed by atoms with van der Waals surface area (Å²) >= 11 is 1.23. The molecule has 100 valence electrons. The van der Waals surface area contributed by atoms with Crippen LogP contribution in [0.15, 0.2) is 29.9 Å². The minimum Gasteiger partial charge on any atom is -0.486 e. The summed E-state index contributed by atoms with van der Waals surface area (Å²) in [6.45, 7) is 0.976. The van der Waals surface area contributed by atoms with Gasteiger partial charge in [0.05, 0.1) is 16.5 Å². The third-order valence-electron chi connectivity index (χ3n) is 2.97. The van der Waals surface area contributed by atoms with E-state index in [-0.39, 0.29) is 5.78 Å². The normalized spacial score (nSPS) is 14.3. The van der Waals surface area contributed by atoms with E-state index in [9.17, 15) is 10.1 Å². The monoisotopic (exact) mass is 286 g/mol. The Morgan fingerprint density at radius 3 is 2.85 bits per heavy atom. The molecule has 5 nitrogen and oxygen atoms in total. The summed E-state index contributed by atoms with van der Waals surface area (Å²) < 4.78 is 10.9. The zero-order valence-corrected chi connectivity index (χ0v) is 11.2. The van der Waals surface area contributed by atoms with Crippen LogP contribution in [0.1, 0.15) is 21.2 Å². The summed E-state index contributed by atoms with van der Waals surface area (Å²) in [5, 5.41) is 9.29. The van der Waals surface area contributed by atoms with Crippen LogP contribution in [0.25, 0.3) is 0 Å². The molecule has 1 aliphatic heterocycles. The van der Waals surface area contributed by atoms with E-state index in [1.165, 1.54) is 17.5 Å². The zero-order chi connectivity index (χ0) is 13.9. The van der Waals surface area contributed by atoms with E-state index < -0.39 is 5.92 Å². The molecular formula is C14H10N2O3S. The maximum Gasteiger partial charge on any atom is 0.195 e. The SMILES string of the molecule is N#CC(C(=O)c1cncs1)c1ccc2c(c1)OCCO2. The Labute approximate surface area is 119 Å². The maximum atomic E-state index is 12.3. The Kier molecular flexibility index (Phi) is 3.35. The second-order valence-corrected chi connectivity index (χ2v) is 5.08. The number of nitriles is 1. The molecule has 0 bridgehead atoms. The number of hydrogen-bond acceptors (Lipinski definition) is 6. The first-order chi connectivity index (χ1) is 9.79. The number of thiazole rings is 1. The van der Waals surface area contributed by atoms with Crippen LogP contribution in [0, 0.1) is 11.3 Å². The van der Waals surface area contributed by atoms with Gasteiger partial charge in [0.25, 0.3) is 0 Å². The molecule has 0 N–H and O–H groups in total. The van der Waals surface area contributed by atoms with Crippen molar-refractivity contribution in [2.75, 3.05) is 13.2 Å². The molecular weight excluding hydrogens is 276 g/mol. The van der Waals surface area contributed by atoms with Crippen LogP contribution >= 0.6 is 11.3 Å². The second kappa shape index (κ2) is 5.31. The average molecular weight is 286 g/mol. The lowest BCUT2D eigenvalue weighted by Gasteiger charge is -2.19. The lowest BCUT2D eigenvalue weighted by molar-refractivity contribution is 0.0982. The third-order valence-corrected chi connectivity index (χ3v) is 3.75. The topological polar surface area (TPSA) is 72.2 Å². The Morgan fingerprint density at radius 1 is 1.35 bits per heavy atom. The van der Waals surface area contributed by atoms with Gasteiger partial charge in [0.2, 0.25) is 0 Å². The summed E-state index contributed by atoms with van der Waals surface area (Å²) in [5.41, 5.74) is 2.18. The standard InChI is InChI=1S/C14H10N2O3S/c15-6-10(14(17)13-7-16-8-20-13)9-1-2-11-12(5-9)19-4-3-18-11/h1-2,5,7-8,10H,3-4H2. The molecule has 0 fully saturated rings. The molecule has 20 heavy (non-hydrogen) atoms. The van der Waals surface area contributed by atoms with Gasteiger partial charge in [-0.25, -0.2) is 0 Å². The highest BCUT2D eigenvalue weighted by molar-refractivity contribution is 7.11. The number of Topliss-reactive ketones (excluding diaryl/α,β-unsaturated/α-hetero) is 1. The molecule has 0 saturated carbocycles. The fourth-order valence-electron chi connectivity index (χ4n) is 2.00. The van der Waals surface area contributed by atoms with Crippen LogP contribution in [-0.2, 0) is 0 Å². The number of aromatic nitrogens is 1. The molecule has 0 amide bonds. The molecule has 2 aromatic rings. The van der Waals surface area contributed by atoms with Gasteiger partial charge in [-0.15, -0.1) is 11.3 Å². The summed E-state index contributed by atoms with van der Waals surface area (Å²) in [4.78, 5) is 16.6. The number of nitrogens with zero attached hydrogens (tertiary/aromatic N) is 2. The Balaban J connectivity index is 1.94. The largest absolute Gasteiger partial charge is 0.486 e. The predicted molar refractivity (Wildman–Crippen MR) is 72.2 cm³/mol. The maximum absolute atomic E-state index is 12.3. The Bertz CT molecular complexity index is 676. The molecule has 3 rings (SSSR count). The first kappa shape index (κ1) is 12.6. The summed E-state index contributed by atoms with van der Waals surface area (Å²) in [6.07, 6.45) is 1.48. The van der Waals surface area contributed by atoms with E-state index in [1.807, 2.05) is 6.07 Å². The number of ketones is 1. The van der Waals surface area contributed by atoms with Crippen molar-refractivity contribution in [1.82, 2.24) is 4.98 Å². The van der Waals surface area contributed by atoms with Gasteiger partial charge in [0.1, 0.15) is 19.1 Å². The molecule has 0 aliphatic carbocycles. The van der Waals surface area contributed by atoms with Gasteiger partial charge in [-0.2, -0.15) is 5.26 Å². The molecule has 6 heteroatoms. The number of carbonyl (C=O) groups excluding carboxylic acids is 1. The van der Waals surface area contributed by atoms with Crippen LogP contribution in [0.3, 0.4) is 0 Å². The number of benzene rings is 1. The number of rotatable bonds is 3. The van der Waals surface area contributed by atoms with Gasteiger partial charge < -0.3 is 9.47 Å². The lowest BCUT2D eigenvalue weighted by Crippen LogP contribution is -2.16. The molecule has 0 spiro atoms. The van der Waals surface area contributed by atoms with Crippen molar-refractivity contribution in [2.45, 2.75) is 5.92 Å². The van der Waals surface area contributed by atoms with E-state index >= 15 is 0 Å². The van der Waals surface area contributed by atoms with Crippen molar-refractivity contribution in [3.63, 3.8) is 0 Å². The van der Waals surface area contributed by atoms with E-state index in [0.717, 1.165) is 0 Å². The first-order valence-electron chi connectivity index (χ1n) is 6.01. The van der Waals surface area contributed by atoms with Crippen molar-refractivity contribution in [3.8, 4) is 17.6 Å². The highest BCUT2D eigenvalue weighted by Gasteiger charge is 2.24. The fraction of sp³-hybridized carbons (Fsp3) is 0.214. The molecule has 1 unspecified atom stereocenters. The molecule has 2 heterocycles. The van der Waals surface area contributed by atoms with Crippen LogP contribution < -0.4 is 9.47 Å². The van der Waals surface area contributed by atoms with Gasteiger partial charge in [-0.05, 0) is 17.7 Å². The van der Waals surface area contributed by atoms with Crippen molar-refractivity contribution >= 4 is 17.1 Å². The van der Waals surface area contributed by atoms with Crippen LogP contribution in [0.5, 0.6) is 11.5 Å². The molecule has 0 radical (unpaired) electrons. The highest BCUT2D eigenvalue weighted by Crippen LogP contribution is 2.34. The Hall–Kier alpha value is -2.39. The summed E-state index contributed by atoms with van der Waals surface area (Å²) in [7, 11) is 0. The van der Waals surface area contributed by atoms with Gasteiger partial charge in [0.15, 0.2) is 17.3 Å². The highest BCUT2D eigenvalue weighted by atomic mass is 32.1. The van der Waals surface area contributed by atoms with E-state index in [2.05, 4.69) is 4.98 Å². The van der Waals surface area contributed by atoms with E-state index in [4.69, 9.17) is 9.47 Å². The van der Waals surface area contributed by atoms with Crippen LogP contribution in [0.4, 0.5) is 0 Å². The molecule has 1 aliphatic rings. The zero-order valence-electron chi connectivity index (χ0n) is 10.4. The second-order valence-electron chi connectivity index (χ2n) is 4.20. The first-order valence-corrected chi connectivity index (χ1v) is 6.89. The molecule has 1 aromatic heterocycles. The number of ether oxygens (including phenoxy) is 2. The minimum atomic E-state index is -0.855. The van der Waals surface area contributed by atoms with Gasteiger partial charge >= 0.3 is 0 Å². The van der Waals surface area contributed by atoms with E-state index in [0.29, 0.717) is 35.2 Å². The third kappa shape index (κ3) is 2.24. The molecule has 1 aromatic carbocycles. The average Bonchev–Trinajstić information content (AvgIpc) is 3.02. The van der Waals surface area contributed by atoms with Crippen molar-refractivity contribution < 1.29 is 14.3 Å². The van der Waals surface area contributed by atoms with Crippen molar-refractivity contribution in [2.24, 2.45) is 0 Å². The fourth-order valence-corrected chi connectivity index (χ4v) is 2.59. The lowest BCUT2D eigenvalue weighted by atomic mass is 9.95. The van der Waals surface area contributed by atoms with E-state index in [1.54, 1.807) is 23.7 Å². The van der Waals surface area contributed by atoms with Gasteiger partial charge in [0, 0.05) is 6.20 Å². The van der Waals surface area contributed by atoms with Crippen LogP contribution in [-0.4, -0.2) is 24.0 Å². The number of carbonyl (C=O) groups is 1.